The Labute approximate surface area is 145 Å². The van der Waals surface area contributed by atoms with Crippen molar-refractivity contribution in [2.45, 2.75) is 6.92 Å². The molecule has 0 unspecified atom stereocenters. The molecule has 0 spiro atoms. The molecule has 3 rings (SSSR count). The number of carbonyl (C=O) groups is 1. The zero-order valence-electron chi connectivity index (χ0n) is 14.4. The number of pyridine rings is 1. The molecule has 128 valence electrons. The van der Waals surface area contributed by atoms with Crippen molar-refractivity contribution < 1.29 is 9.21 Å². The monoisotopic (exact) mass is 337 g/mol. The van der Waals surface area contributed by atoms with Crippen molar-refractivity contribution >= 4 is 22.8 Å². The highest BCUT2D eigenvalue weighted by molar-refractivity contribution is 5.93. The SMILES string of the molecule is CNC(=O)CN(C)c1ccc2c(-c3ccccc3C)cc(=O)oc2n1. The molecule has 25 heavy (non-hydrogen) atoms. The van der Waals surface area contributed by atoms with Crippen LogP contribution in [0, 0.1) is 6.92 Å². The third-order valence-corrected chi connectivity index (χ3v) is 4.08. The fourth-order valence-corrected chi connectivity index (χ4v) is 2.72. The molecular formula is C19H19N3O3. The number of carbonyl (C=O) groups excluding carboxylic acids is 1. The number of nitrogens with one attached hydrogen (secondary N) is 1. The van der Waals surface area contributed by atoms with Gasteiger partial charge in [0.2, 0.25) is 11.6 Å². The standard InChI is InChI=1S/C19H19N3O3/c1-12-6-4-5-7-13(12)15-10-18(24)25-19-14(15)8-9-16(21-19)22(3)11-17(23)20-2/h4-10H,11H2,1-3H3,(H,20,23). The van der Waals surface area contributed by atoms with Gasteiger partial charge in [-0.05, 0) is 30.2 Å². The maximum absolute atomic E-state index is 12.0. The summed E-state index contributed by atoms with van der Waals surface area (Å²) in [4.78, 5) is 29.7. The van der Waals surface area contributed by atoms with Gasteiger partial charge in [-0.25, -0.2) is 4.79 Å². The number of hydrogen-bond acceptors (Lipinski definition) is 5. The Hall–Kier alpha value is -3.15. The van der Waals surface area contributed by atoms with Gasteiger partial charge >= 0.3 is 5.63 Å². The number of aromatic nitrogens is 1. The summed E-state index contributed by atoms with van der Waals surface area (Å²) in [7, 11) is 3.34. The van der Waals surface area contributed by atoms with Crippen molar-refractivity contribution in [2.24, 2.45) is 0 Å². The summed E-state index contributed by atoms with van der Waals surface area (Å²) in [5.74, 6) is 0.431. The van der Waals surface area contributed by atoms with E-state index >= 15 is 0 Å². The molecular weight excluding hydrogens is 318 g/mol. The van der Waals surface area contributed by atoms with Gasteiger partial charge in [0.25, 0.3) is 0 Å². The van der Waals surface area contributed by atoms with Gasteiger partial charge in [0.05, 0.1) is 6.54 Å². The van der Waals surface area contributed by atoms with Crippen molar-refractivity contribution in [1.29, 1.82) is 0 Å². The molecule has 1 amide bonds. The molecule has 0 atom stereocenters. The number of benzene rings is 1. The summed E-state index contributed by atoms with van der Waals surface area (Å²) in [5.41, 5.74) is 2.62. The van der Waals surface area contributed by atoms with Gasteiger partial charge < -0.3 is 14.6 Å². The predicted molar refractivity (Wildman–Crippen MR) is 97.8 cm³/mol. The van der Waals surface area contributed by atoms with E-state index in [0.717, 1.165) is 22.1 Å². The second-order valence-corrected chi connectivity index (χ2v) is 5.85. The average Bonchev–Trinajstić information content (AvgIpc) is 2.60. The predicted octanol–water partition coefficient (Wildman–Crippen LogP) is 2.35. The lowest BCUT2D eigenvalue weighted by atomic mass is 9.99. The van der Waals surface area contributed by atoms with Crippen LogP contribution < -0.4 is 15.8 Å². The van der Waals surface area contributed by atoms with E-state index in [0.29, 0.717) is 5.82 Å². The Balaban J connectivity index is 2.12. The van der Waals surface area contributed by atoms with Crippen molar-refractivity contribution in [3.63, 3.8) is 0 Å². The van der Waals surface area contributed by atoms with Crippen LogP contribution in [-0.2, 0) is 4.79 Å². The summed E-state index contributed by atoms with van der Waals surface area (Å²) in [6.45, 7) is 2.16. The number of likely N-dealkylation sites (N-methyl/N-ethyl adjacent to an activating group) is 2. The van der Waals surface area contributed by atoms with E-state index in [1.165, 1.54) is 6.07 Å². The maximum Gasteiger partial charge on any atom is 0.338 e. The molecule has 0 aliphatic heterocycles. The zero-order valence-corrected chi connectivity index (χ0v) is 14.4. The molecule has 2 aromatic heterocycles. The Morgan fingerprint density at radius 2 is 1.96 bits per heavy atom. The number of hydrogen-bond donors (Lipinski definition) is 1. The minimum atomic E-state index is -0.454. The van der Waals surface area contributed by atoms with Crippen LogP contribution in [0.1, 0.15) is 5.56 Å². The van der Waals surface area contributed by atoms with E-state index in [4.69, 9.17) is 4.42 Å². The number of fused-ring (bicyclic) bond motifs is 1. The van der Waals surface area contributed by atoms with E-state index < -0.39 is 5.63 Å². The summed E-state index contributed by atoms with van der Waals surface area (Å²) in [5, 5.41) is 3.32. The summed E-state index contributed by atoms with van der Waals surface area (Å²) in [6, 6.07) is 13.0. The van der Waals surface area contributed by atoms with Gasteiger partial charge in [-0.15, -0.1) is 0 Å². The van der Waals surface area contributed by atoms with Crippen LogP contribution in [-0.4, -0.2) is 31.5 Å². The average molecular weight is 337 g/mol. The molecule has 0 aliphatic rings. The van der Waals surface area contributed by atoms with Gasteiger partial charge in [-0.2, -0.15) is 4.98 Å². The molecule has 2 heterocycles. The molecule has 0 saturated heterocycles. The molecule has 6 heteroatoms. The number of aryl methyl sites for hydroxylation is 1. The molecule has 1 N–H and O–H groups in total. The second kappa shape index (κ2) is 6.76. The highest BCUT2D eigenvalue weighted by Gasteiger charge is 2.13. The van der Waals surface area contributed by atoms with Gasteiger partial charge in [0.1, 0.15) is 5.82 Å². The second-order valence-electron chi connectivity index (χ2n) is 5.85. The number of anilines is 1. The first-order chi connectivity index (χ1) is 12.0. The molecule has 0 saturated carbocycles. The van der Waals surface area contributed by atoms with Crippen LogP contribution in [0.15, 0.2) is 51.7 Å². The first-order valence-corrected chi connectivity index (χ1v) is 7.92. The van der Waals surface area contributed by atoms with Crippen LogP contribution in [0.5, 0.6) is 0 Å². The zero-order chi connectivity index (χ0) is 18.0. The van der Waals surface area contributed by atoms with Gasteiger partial charge in [-0.1, -0.05) is 24.3 Å². The van der Waals surface area contributed by atoms with Crippen LogP contribution in [0.2, 0.25) is 0 Å². The lowest BCUT2D eigenvalue weighted by molar-refractivity contribution is -0.119. The highest BCUT2D eigenvalue weighted by Crippen LogP contribution is 2.29. The minimum Gasteiger partial charge on any atom is -0.404 e. The van der Waals surface area contributed by atoms with Crippen LogP contribution >= 0.6 is 0 Å². The van der Waals surface area contributed by atoms with Crippen LogP contribution in [0.4, 0.5) is 5.82 Å². The molecule has 6 nitrogen and oxygen atoms in total. The molecule has 0 radical (unpaired) electrons. The normalized spacial score (nSPS) is 10.7. The van der Waals surface area contributed by atoms with E-state index in [2.05, 4.69) is 10.3 Å². The fourth-order valence-electron chi connectivity index (χ4n) is 2.72. The van der Waals surface area contributed by atoms with Crippen LogP contribution in [0.25, 0.3) is 22.2 Å². The summed E-state index contributed by atoms with van der Waals surface area (Å²) >= 11 is 0. The van der Waals surface area contributed by atoms with E-state index in [1.54, 1.807) is 19.0 Å². The van der Waals surface area contributed by atoms with E-state index in [9.17, 15) is 9.59 Å². The quantitative estimate of drug-likeness (QED) is 0.791. The Morgan fingerprint density at radius 1 is 1.20 bits per heavy atom. The third-order valence-electron chi connectivity index (χ3n) is 4.08. The first-order valence-electron chi connectivity index (χ1n) is 7.92. The largest absolute Gasteiger partial charge is 0.404 e. The van der Waals surface area contributed by atoms with E-state index in [1.807, 2.05) is 43.3 Å². The van der Waals surface area contributed by atoms with Crippen molar-refractivity contribution in [2.75, 3.05) is 25.5 Å². The van der Waals surface area contributed by atoms with Crippen LogP contribution in [0.3, 0.4) is 0 Å². The number of nitrogens with zero attached hydrogens (tertiary/aromatic N) is 2. The summed E-state index contributed by atoms with van der Waals surface area (Å²) in [6.07, 6.45) is 0. The maximum atomic E-state index is 12.0. The molecule has 0 aliphatic carbocycles. The van der Waals surface area contributed by atoms with Gasteiger partial charge in [-0.3, -0.25) is 4.79 Å². The highest BCUT2D eigenvalue weighted by atomic mass is 16.4. The Kier molecular flexibility index (Phi) is 4.52. The van der Waals surface area contributed by atoms with Crippen molar-refractivity contribution in [3.05, 3.63) is 58.4 Å². The lowest BCUT2D eigenvalue weighted by Gasteiger charge is -2.17. The van der Waals surface area contributed by atoms with Gasteiger partial charge in [0.15, 0.2) is 0 Å². The molecule has 0 bridgehead atoms. The fraction of sp³-hybridized carbons (Fsp3) is 0.211. The smallest absolute Gasteiger partial charge is 0.338 e. The number of rotatable bonds is 4. The van der Waals surface area contributed by atoms with Crippen molar-refractivity contribution in [3.8, 4) is 11.1 Å². The molecule has 0 fully saturated rings. The lowest BCUT2D eigenvalue weighted by Crippen LogP contribution is -2.33. The Bertz CT molecular complexity index is 995. The molecule has 3 aromatic rings. The summed E-state index contributed by atoms with van der Waals surface area (Å²) < 4.78 is 5.29. The first kappa shape index (κ1) is 16.7. The molecule has 1 aromatic carbocycles. The van der Waals surface area contributed by atoms with E-state index in [-0.39, 0.29) is 18.2 Å². The van der Waals surface area contributed by atoms with Gasteiger partial charge in [0, 0.05) is 31.1 Å². The Morgan fingerprint density at radius 3 is 2.68 bits per heavy atom. The third kappa shape index (κ3) is 3.38. The number of amides is 1. The minimum absolute atomic E-state index is 0.125. The topological polar surface area (TPSA) is 75.4 Å². The van der Waals surface area contributed by atoms with Crippen molar-refractivity contribution in [1.82, 2.24) is 10.3 Å².